The standard InChI is InChI=1S/C12H9FO3S/c1-7-3-2-4-9(11(7)13)16-8-5-10(12(14)15)17-6-8/h2-6H,1H3,(H,14,15). The lowest BCUT2D eigenvalue weighted by Crippen LogP contribution is -1.91. The van der Waals surface area contributed by atoms with Crippen LogP contribution in [0, 0.1) is 12.7 Å². The first-order valence-electron chi connectivity index (χ1n) is 4.82. The van der Waals surface area contributed by atoms with Crippen LogP contribution >= 0.6 is 11.3 Å². The highest BCUT2D eigenvalue weighted by molar-refractivity contribution is 7.12. The van der Waals surface area contributed by atoms with Crippen molar-refractivity contribution < 1.29 is 19.0 Å². The SMILES string of the molecule is Cc1cccc(Oc2csc(C(=O)O)c2)c1F. The molecule has 0 amide bonds. The number of halogens is 1. The van der Waals surface area contributed by atoms with Crippen molar-refractivity contribution in [2.24, 2.45) is 0 Å². The van der Waals surface area contributed by atoms with Gasteiger partial charge in [-0.3, -0.25) is 0 Å². The summed E-state index contributed by atoms with van der Waals surface area (Å²) >= 11 is 1.04. The molecule has 2 aromatic rings. The fourth-order valence-electron chi connectivity index (χ4n) is 1.31. The van der Waals surface area contributed by atoms with Crippen LogP contribution in [0.1, 0.15) is 15.2 Å². The van der Waals surface area contributed by atoms with Crippen molar-refractivity contribution in [3.05, 3.63) is 45.9 Å². The Morgan fingerprint density at radius 2 is 2.24 bits per heavy atom. The number of thiophene rings is 1. The van der Waals surface area contributed by atoms with Gasteiger partial charge >= 0.3 is 5.97 Å². The summed E-state index contributed by atoms with van der Waals surface area (Å²) in [5.74, 6) is -1.03. The first-order valence-corrected chi connectivity index (χ1v) is 5.70. The summed E-state index contributed by atoms with van der Waals surface area (Å²) < 4.78 is 18.9. The third kappa shape index (κ3) is 2.45. The molecule has 0 aliphatic carbocycles. The molecule has 17 heavy (non-hydrogen) atoms. The minimum Gasteiger partial charge on any atom is -0.477 e. The van der Waals surface area contributed by atoms with Gasteiger partial charge in [0.15, 0.2) is 11.6 Å². The van der Waals surface area contributed by atoms with Crippen molar-refractivity contribution in [3.63, 3.8) is 0 Å². The molecule has 0 fully saturated rings. The summed E-state index contributed by atoms with van der Waals surface area (Å²) in [4.78, 5) is 10.8. The molecule has 0 aliphatic heterocycles. The van der Waals surface area contributed by atoms with Crippen molar-refractivity contribution in [2.75, 3.05) is 0 Å². The maximum absolute atomic E-state index is 13.6. The summed E-state index contributed by atoms with van der Waals surface area (Å²) in [5.41, 5.74) is 0.483. The number of benzene rings is 1. The van der Waals surface area contributed by atoms with Crippen molar-refractivity contribution in [2.45, 2.75) is 6.92 Å². The Balaban J connectivity index is 2.25. The number of hydrogen-bond donors (Lipinski definition) is 1. The first-order chi connectivity index (χ1) is 8.08. The molecular formula is C12H9FO3S. The molecule has 0 spiro atoms. The highest BCUT2D eigenvalue weighted by Gasteiger charge is 2.11. The van der Waals surface area contributed by atoms with Crippen LogP contribution in [0.25, 0.3) is 0 Å². The largest absolute Gasteiger partial charge is 0.477 e. The zero-order valence-corrected chi connectivity index (χ0v) is 9.75. The summed E-state index contributed by atoms with van der Waals surface area (Å²) in [6.07, 6.45) is 0. The fourth-order valence-corrected chi connectivity index (χ4v) is 1.96. The summed E-state index contributed by atoms with van der Waals surface area (Å²) in [5, 5.41) is 10.3. The van der Waals surface area contributed by atoms with E-state index in [4.69, 9.17) is 9.84 Å². The molecule has 88 valence electrons. The van der Waals surface area contributed by atoms with Gasteiger partial charge in [0.1, 0.15) is 10.6 Å². The fraction of sp³-hybridized carbons (Fsp3) is 0.0833. The number of carboxylic acids is 1. The van der Waals surface area contributed by atoms with E-state index in [-0.39, 0.29) is 10.6 Å². The minimum atomic E-state index is -1.02. The third-order valence-corrected chi connectivity index (χ3v) is 3.07. The van der Waals surface area contributed by atoms with Gasteiger partial charge in [0.2, 0.25) is 0 Å². The Hall–Kier alpha value is -1.88. The number of aryl methyl sites for hydroxylation is 1. The van der Waals surface area contributed by atoms with E-state index < -0.39 is 11.8 Å². The molecule has 0 aliphatic rings. The average Bonchev–Trinajstić information content (AvgIpc) is 2.73. The van der Waals surface area contributed by atoms with Crippen LogP contribution in [0.4, 0.5) is 4.39 Å². The van der Waals surface area contributed by atoms with Gasteiger partial charge in [0, 0.05) is 11.4 Å². The Morgan fingerprint density at radius 3 is 2.88 bits per heavy atom. The third-order valence-electron chi connectivity index (χ3n) is 2.17. The van der Waals surface area contributed by atoms with Gasteiger partial charge in [-0.1, -0.05) is 12.1 Å². The number of hydrogen-bond acceptors (Lipinski definition) is 3. The van der Waals surface area contributed by atoms with Gasteiger partial charge < -0.3 is 9.84 Å². The van der Waals surface area contributed by atoms with Gasteiger partial charge in [0.05, 0.1) is 0 Å². The number of carboxylic acid groups (broad SMARTS) is 1. The Labute approximate surface area is 101 Å². The molecule has 5 heteroatoms. The molecule has 0 unspecified atom stereocenters. The molecule has 0 saturated heterocycles. The Morgan fingerprint density at radius 1 is 1.47 bits per heavy atom. The molecular weight excluding hydrogens is 243 g/mol. The van der Waals surface area contributed by atoms with Gasteiger partial charge in [-0.05, 0) is 18.6 Å². The molecule has 3 nitrogen and oxygen atoms in total. The summed E-state index contributed by atoms with van der Waals surface area (Å²) in [6.45, 7) is 1.64. The average molecular weight is 252 g/mol. The van der Waals surface area contributed by atoms with Crippen molar-refractivity contribution in [3.8, 4) is 11.5 Å². The lowest BCUT2D eigenvalue weighted by atomic mass is 10.2. The molecule has 1 N–H and O–H groups in total. The van der Waals surface area contributed by atoms with Crippen LogP contribution < -0.4 is 4.74 Å². The Kier molecular flexibility index (Phi) is 3.10. The van der Waals surface area contributed by atoms with Crippen LogP contribution in [-0.4, -0.2) is 11.1 Å². The molecule has 1 heterocycles. The lowest BCUT2D eigenvalue weighted by molar-refractivity contribution is 0.0702. The second-order valence-electron chi connectivity index (χ2n) is 3.44. The van der Waals surface area contributed by atoms with Crippen LogP contribution in [0.2, 0.25) is 0 Å². The molecule has 1 aromatic carbocycles. The first kappa shape index (κ1) is 11.6. The summed E-state index contributed by atoms with van der Waals surface area (Å²) in [7, 11) is 0. The number of carbonyl (C=O) groups is 1. The van der Waals surface area contributed by atoms with Crippen LogP contribution in [0.15, 0.2) is 29.6 Å². The monoisotopic (exact) mass is 252 g/mol. The zero-order chi connectivity index (χ0) is 12.4. The summed E-state index contributed by atoms with van der Waals surface area (Å²) in [6, 6.07) is 6.19. The van der Waals surface area contributed by atoms with Crippen LogP contribution in [0.5, 0.6) is 11.5 Å². The molecule has 1 aromatic heterocycles. The molecule has 0 radical (unpaired) electrons. The number of rotatable bonds is 3. The van der Waals surface area contributed by atoms with E-state index in [0.29, 0.717) is 11.3 Å². The van der Waals surface area contributed by atoms with Gasteiger partial charge in [0.25, 0.3) is 0 Å². The normalized spacial score (nSPS) is 10.2. The highest BCUT2D eigenvalue weighted by Crippen LogP contribution is 2.29. The van der Waals surface area contributed by atoms with Crippen molar-refractivity contribution >= 4 is 17.3 Å². The quantitative estimate of drug-likeness (QED) is 0.906. The smallest absolute Gasteiger partial charge is 0.346 e. The predicted molar refractivity (Wildman–Crippen MR) is 62.5 cm³/mol. The van der Waals surface area contributed by atoms with Gasteiger partial charge in [-0.15, -0.1) is 11.3 Å². The van der Waals surface area contributed by atoms with Crippen molar-refractivity contribution in [1.82, 2.24) is 0 Å². The molecule has 0 atom stereocenters. The van der Waals surface area contributed by atoms with E-state index >= 15 is 0 Å². The van der Waals surface area contributed by atoms with Gasteiger partial charge in [-0.2, -0.15) is 0 Å². The van der Waals surface area contributed by atoms with E-state index in [1.165, 1.54) is 17.5 Å². The van der Waals surface area contributed by atoms with Crippen LogP contribution in [0.3, 0.4) is 0 Å². The van der Waals surface area contributed by atoms with E-state index in [9.17, 15) is 9.18 Å². The maximum atomic E-state index is 13.6. The van der Waals surface area contributed by atoms with E-state index in [1.807, 2.05) is 0 Å². The molecule has 0 bridgehead atoms. The predicted octanol–water partition coefficient (Wildman–Crippen LogP) is 3.69. The van der Waals surface area contributed by atoms with E-state index in [1.54, 1.807) is 19.1 Å². The van der Waals surface area contributed by atoms with Gasteiger partial charge in [-0.25, -0.2) is 9.18 Å². The zero-order valence-electron chi connectivity index (χ0n) is 8.94. The molecule has 2 rings (SSSR count). The number of aromatic carboxylic acids is 1. The molecule has 0 saturated carbocycles. The van der Waals surface area contributed by atoms with Crippen LogP contribution in [-0.2, 0) is 0 Å². The van der Waals surface area contributed by atoms with E-state index in [2.05, 4.69) is 0 Å². The minimum absolute atomic E-state index is 0.0970. The second-order valence-corrected chi connectivity index (χ2v) is 4.35. The van der Waals surface area contributed by atoms with Crippen molar-refractivity contribution in [1.29, 1.82) is 0 Å². The maximum Gasteiger partial charge on any atom is 0.346 e. The highest BCUT2D eigenvalue weighted by atomic mass is 32.1. The topological polar surface area (TPSA) is 46.5 Å². The second kappa shape index (κ2) is 4.55. The number of ether oxygens (including phenoxy) is 1. The van der Waals surface area contributed by atoms with E-state index in [0.717, 1.165) is 11.3 Å². The Bertz CT molecular complexity index is 563. The lowest BCUT2D eigenvalue weighted by Gasteiger charge is -2.05.